The molecule has 0 unspecified atom stereocenters. The fraction of sp³-hybridized carbons (Fsp3) is 0.262. The minimum Gasteiger partial charge on any atom is -0.373 e. The van der Waals surface area contributed by atoms with E-state index in [1.54, 1.807) is 23.9 Å². The number of nitro benzene ring substituents is 1. The van der Waals surface area contributed by atoms with E-state index in [1.807, 2.05) is 72.8 Å². The molecule has 1 aliphatic heterocycles. The zero-order valence-electron chi connectivity index (χ0n) is 30.2. The van der Waals surface area contributed by atoms with Crippen LogP contribution in [0.1, 0.15) is 41.6 Å². The lowest BCUT2D eigenvalue weighted by atomic mass is 9.99. The Hall–Kier alpha value is -4.88. The van der Waals surface area contributed by atoms with E-state index in [-0.39, 0.29) is 27.4 Å². The molecule has 284 valence electrons. The predicted molar refractivity (Wildman–Crippen MR) is 221 cm³/mol. The van der Waals surface area contributed by atoms with E-state index < -0.39 is 20.9 Å². The van der Waals surface area contributed by atoms with Gasteiger partial charge >= 0.3 is 0 Å². The number of benzene rings is 5. The van der Waals surface area contributed by atoms with Gasteiger partial charge in [0.1, 0.15) is 5.69 Å². The van der Waals surface area contributed by atoms with E-state index >= 15 is 0 Å². The number of halogens is 1. The summed E-state index contributed by atoms with van der Waals surface area (Å²) in [5.74, 6) is -0.108. The Kier molecular flexibility index (Phi) is 11.8. The molecule has 0 aromatic heterocycles. The van der Waals surface area contributed by atoms with Crippen molar-refractivity contribution in [1.82, 2.24) is 9.62 Å². The number of thioether (sulfide) groups is 1. The van der Waals surface area contributed by atoms with Crippen molar-refractivity contribution < 1.29 is 18.1 Å². The smallest absolute Gasteiger partial charge is 0.293 e. The van der Waals surface area contributed by atoms with Crippen LogP contribution in [-0.4, -0.2) is 61.6 Å². The number of nitrogens with one attached hydrogen (secondary N) is 2. The highest BCUT2D eigenvalue weighted by Crippen LogP contribution is 2.40. The number of hydrogen-bond donors (Lipinski definition) is 2. The minimum atomic E-state index is -4.41. The number of nitrogens with zero attached hydrogens (tertiary/aromatic N) is 3. The average molecular weight is 796 g/mol. The van der Waals surface area contributed by atoms with Crippen LogP contribution < -0.4 is 14.9 Å². The summed E-state index contributed by atoms with van der Waals surface area (Å²) < 4.78 is 28.8. The zero-order valence-corrected chi connectivity index (χ0v) is 32.6. The molecule has 0 atom stereocenters. The molecule has 1 heterocycles. The monoisotopic (exact) mass is 795 g/mol. The third-order valence-corrected chi connectivity index (χ3v) is 13.2. The van der Waals surface area contributed by atoms with Crippen molar-refractivity contribution in [2.45, 2.75) is 47.6 Å². The molecule has 2 fully saturated rings. The molecular formula is C42H42ClN5O5S2. The number of amides is 1. The molecule has 10 nitrogen and oxygen atoms in total. The van der Waals surface area contributed by atoms with Gasteiger partial charge in [0, 0.05) is 71.3 Å². The lowest BCUT2D eigenvalue weighted by Gasteiger charge is -2.36. The third-order valence-electron chi connectivity index (χ3n) is 10.4. The Balaban J connectivity index is 0.963. The quantitative estimate of drug-likeness (QED) is 0.0683. The summed E-state index contributed by atoms with van der Waals surface area (Å²) in [7, 11) is -4.41. The summed E-state index contributed by atoms with van der Waals surface area (Å²) in [6.45, 7) is 4.10. The Morgan fingerprint density at radius 2 is 1.51 bits per heavy atom. The number of hydrogen-bond acceptors (Lipinski definition) is 9. The molecule has 7 rings (SSSR count). The summed E-state index contributed by atoms with van der Waals surface area (Å²) in [5.41, 5.74) is 4.18. The summed E-state index contributed by atoms with van der Waals surface area (Å²) >= 11 is 7.80. The lowest BCUT2D eigenvalue weighted by Crippen LogP contribution is -2.46. The van der Waals surface area contributed by atoms with Crippen LogP contribution in [0, 0.1) is 10.1 Å². The topological polar surface area (TPSA) is 125 Å². The highest BCUT2D eigenvalue weighted by atomic mass is 35.5. The molecule has 13 heteroatoms. The second-order valence-electron chi connectivity index (χ2n) is 14.1. The van der Waals surface area contributed by atoms with Crippen LogP contribution in [-0.2, 0) is 16.6 Å². The average Bonchev–Trinajstić information content (AvgIpc) is 3.66. The Bertz CT molecular complexity index is 2240. The van der Waals surface area contributed by atoms with E-state index in [4.69, 9.17) is 11.6 Å². The van der Waals surface area contributed by atoms with Crippen molar-refractivity contribution in [3.8, 4) is 11.1 Å². The van der Waals surface area contributed by atoms with Crippen molar-refractivity contribution in [3.63, 3.8) is 0 Å². The minimum absolute atomic E-state index is 0.164. The number of anilines is 2. The second kappa shape index (κ2) is 16.9. The van der Waals surface area contributed by atoms with Crippen LogP contribution in [0.4, 0.5) is 17.1 Å². The normalized spacial score (nSPS) is 15.8. The number of nitro groups is 1. The fourth-order valence-corrected chi connectivity index (χ4v) is 9.63. The van der Waals surface area contributed by atoms with Crippen molar-refractivity contribution >= 4 is 56.4 Å². The number of rotatable bonds is 13. The van der Waals surface area contributed by atoms with Crippen LogP contribution >= 0.6 is 23.4 Å². The molecule has 5 aromatic rings. The molecule has 55 heavy (non-hydrogen) atoms. The SMILES string of the molecule is O=C(NS(=O)(=O)c1ccc(NC2(CSc3ccccc3)CCCC2)c([N+](=O)[O-])c1)c1ccc(N2CCN(Cc3ccccc3-c3ccc(Cl)cc3)CC2)cc1. The first kappa shape index (κ1) is 38.4. The number of sulfonamides is 1. The third kappa shape index (κ3) is 9.33. The fourth-order valence-electron chi connectivity index (χ4n) is 7.35. The maximum atomic E-state index is 13.4. The van der Waals surface area contributed by atoms with Crippen LogP contribution in [0.2, 0.25) is 5.02 Å². The Morgan fingerprint density at radius 1 is 0.836 bits per heavy atom. The summed E-state index contributed by atoms with van der Waals surface area (Å²) in [4.78, 5) is 30.2. The predicted octanol–water partition coefficient (Wildman–Crippen LogP) is 8.87. The highest BCUT2D eigenvalue weighted by molar-refractivity contribution is 7.99. The Morgan fingerprint density at radius 3 is 2.20 bits per heavy atom. The highest BCUT2D eigenvalue weighted by Gasteiger charge is 2.36. The van der Waals surface area contributed by atoms with Gasteiger partial charge in [0.15, 0.2) is 0 Å². The van der Waals surface area contributed by atoms with Crippen molar-refractivity contribution in [3.05, 3.63) is 148 Å². The maximum Gasteiger partial charge on any atom is 0.293 e. The molecule has 2 N–H and O–H groups in total. The van der Waals surface area contributed by atoms with Gasteiger partial charge in [-0.1, -0.05) is 79.0 Å². The molecule has 0 bridgehead atoms. The molecule has 1 amide bonds. The first-order chi connectivity index (χ1) is 26.6. The van der Waals surface area contributed by atoms with E-state index in [0.29, 0.717) is 10.8 Å². The first-order valence-corrected chi connectivity index (χ1v) is 21.2. The van der Waals surface area contributed by atoms with E-state index in [0.717, 1.165) is 80.6 Å². The molecule has 0 radical (unpaired) electrons. The van der Waals surface area contributed by atoms with E-state index in [1.165, 1.54) is 23.3 Å². The van der Waals surface area contributed by atoms with Gasteiger partial charge in [-0.3, -0.25) is 19.8 Å². The van der Waals surface area contributed by atoms with Gasteiger partial charge in [-0.15, -0.1) is 11.8 Å². The van der Waals surface area contributed by atoms with Crippen molar-refractivity contribution in [2.75, 3.05) is 42.1 Å². The Labute approximate surface area is 331 Å². The number of carbonyl (C=O) groups is 1. The van der Waals surface area contributed by atoms with Gasteiger partial charge in [0.25, 0.3) is 21.6 Å². The number of piperazine rings is 1. The second-order valence-corrected chi connectivity index (χ2v) is 17.2. The first-order valence-electron chi connectivity index (χ1n) is 18.3. The van der Waals surface area contributed by atoms with Crippen LogP contribution in [0.3, 0.4) is 0 Å². The lowest BCUT2D eigenvalue weighted by molar-refractivity contribution is -0.384. The standard InChI is InChI=1S/C42H42ClN5O5S2/c43-34-16-12-31(13-17-34)38-11-5-4-8-33(38)29-46-24-26-47(27-25-46)35-18-14-32(15-19-35)41(49)45-55(52,53)37-20-21-39(40(28-37)48(50)51)44-42(22-6-7-23-42)30-54-36-9-2-1-3-10-36/h1-5,8-21,28,44H,6-7,22-27,29-30H2,(H,45,49). The summed E-state index contributed by atoms with van der Waals surface area (Å²) in [6, 6.07) is 36.8. The van der Waals surface area contributed by atoms with Gasteiger partial charge in [-0.2, -0.15) is 0 Å². The van der Waals surface area contributed by atoms with Crippen molar-refractivity contribution in [1.29, 1.82) is 0 Å². The largest absolute Gasteiger partial charge is 0.373 e. The van der Waals surface area contributed by atoms with Gasteiger partial charge in [-0.25, -0.2) is 13.1 Å². The zero-order chi connectivity index (χ0) is 38.4. The number of carbonyl (C=O) groups excluding carboxylic acids is 1. The van der Waals surface area contributed by atoms with Gasteiger partial charge in [0.05, 0.1) is 9.82 Å². The molecule has 1 saturated heterocycles. The van der Waals surface area contributed by atoms with E-state index in [2.05, 4.69) is 38.0 Å². The maximum absolute atomic E-state index is 13.4. The molecule has 1 aliphatic carbocycles. The van der Waals surface area contributed by atoms with Crippen LogP contribution in [0.25, 0.3) is 11.1 Å². The summed E-state index contributed by atoms with van der Waals surface area (Å²) in [5, 5.41) is 16.3. The van der Waals surface area contributed by atoms with Gasteiger partial charge in [-0.05, 0) is 90.2 Å². The molecule has 2 aliphatic rings. The van der Waals surface area contributed by atoms with E-state index in [9.17, 15) is 23.3 Å². The summed E-state index contributed by atoms with van der Waals surface area (Å²) in [6.07, 6.45) is 3.67. The molecular weight excluding hydrogens is 754 g/mol. The van der Waals surface area contributed by atoms with Crippen LogP contribution in [0.5, 0.6) is 0 Å². The molecule has 0 spiro atoms. The van der Waals surface area contributed by atoms with Gasteiger partial charge in [0.2, 0.25) is 0 Å². The van der Waals surface area contributed by atoms with Gasteiger partial charge < -0.3 is 10.2 Å². The molecule has 1 saturated carbocycles. The van der Waals surface area contributed by atoms with Crippen LogP contribution in [0.15, 0.2) is 131 Å². The molecule has 5 aromatic carbocycles. The van der Waals surface area contributed by atoms with Crippen molar-refractivity contribution in [2.24, 2.45) is 0 Å².